The molecule has 0 N–H and O–H groups in total. The van der Waals surface area contributed by atoms with Crippen molar-refractivity contribution >= 4 is 28.6 Å². The maximum Gasteiger partial charge on any atom is 0.267 e. The van der Waals surface area contributed by atoms with Gasteiger partial charge in [-0.2, -0.15) is 0 Å². The molecule has 0 saturated carbocycles. The van der Waals surface area contributed by atoms with E-state index in [1.54, 1.807) is 24.3 Å². The van der Waals surface area contributed by atoms with Crippen LogP contribution in [-0.2, 0) is 4.79 Å². The maximum absolute atomic E-state index is 13.3. The van der Waals surface area contributed by atoms with Gasteiger partial charge in [0.1, 0.15) is 23.4 Å². The van der Waals surface area contributed by atoms with Gasteiger partial charge in [0.15, 0.2) is 0 Å². The Morgan fingerprint density at radius 2 is 1.86 bits per heavy atom. The number of aromatic nitrogens is 3. The SMILES string of the molecule is CC[C@H](C(=O)N1CCCCCC1)n1cnc2onc(-c3ccc(Cl)cc3)c2c1=O. The second-order valence-corrected chi connectivity index (χ2v) is 7.78. The molecule has 0 spiro atoms. The Bertz CT molecular complexity index is 1070. The van der Waals surface area contributed by atoms with Gasteiger partial charge in [-0.05, 0) is 31.4 Å². The van der Waals surface area contributed by atoms with Gasteiger partial charge < -0.3 is 9.42 Å². The monoisotopic (exact) mass is 414 g/mol. The van der Waals surface area contributed by atoms with Crippen LogP contribution in [0, 0.1) is 0 Å². The number of carbonyl (C=O) groups is 1. The minimum Gasteiger partial charge on any atom is -0.341 e. The number of rotatable bonds is 4. The van der Waals surface area contributed by atoms with Crippen LogP contribution in [0.3, 0.4) is 0 Å². The molecule has 0 radical (unpaired) electrons. The van der Waals surface area contributed by atoms with Gasteiger partial charge in [0, 0.05) is 23.7 Å². The maximum atomic E-state index is 13.3. The molecular weight excluding hydrogens is 392 g/mol. The molecular formula is C21H23ClN4O3. The van der Waals surface area contributed by atoms with Crippen LogP contribution in [0.4, 0.5) is 0 Å². The van der Waals surface area contributed by atoms with Crippen molar-refractivity contribution in [2.75, 3.05) is 13.1 Å². The first kappa shape index (κ1) is 19.6. The number of nitrogens with zero attached hydrogens (tertiary/aromatic N) is 4. The number of amides is 1. The zero-order valence-electron chi connectivity index (χ0n) is 16.3. The minimum atomic E-state index is -0.592. The predicted octanol–water partition coefficient (Wildman–Crippen LogP) is 4.06. The molecule has 0 aliphatic carbocycles. The van der Waals surface area contributed by atoms with Crippen molar-refractivity contribution in [3.63, 3.8) is 0 Å². The van der Waals surface area contributed by atoms with Gasteiger partial charge >= 0.3 is 0 Å². The van der Waals surface area contributed by atoms with E-state index in [1.807, 2.05) is 11.8 Å². The third-order valence-electron chi connectivity index (χ3n) is 5.46. The van der Waals surface area contributed by atoms with Gasteiger partial charge in [-0.15, -0.1) is 0 Å². The van der Waals surface area contributed by atoms with Crippen LogP contribution >= 0.6 is 11.6 Å². The molecule has 1 fully saturated rings. The van der Waals surface area contributed by atoms with E-state index in [0.29, 0.717) is 22.7 Å². The van der Waals surface area contributed by atoms with E-state index in [4.69, 9.17) is 16.1 Å². The summed E-state index contributed by atoms with van der Waals surface area (Å²) in [4.78, 5) is 32.7. The molecule has 0 bridgehead atoms. The first-order valence-electron chi connectivity index (χ1n) is 10.0. The highest BCUT2D eigenvalue weighted by molar-refractivity contribution is 6.30. The Balaban J connectivity index is 1.76. The molecule has 1 atom stereocenters. The van der Waals surface area contributed by atoms with Crippen molar-refractivity contribution in [3.05, 3.63) is 46.0 Å². The molecule has 1 amide bonds. The van der Waals surface area contributed by atoms with Crippen LogP contribution < -0.4 is 5.56 Å². The van der Waals surface area contributed by atoms with E-state index in [0.717, 1.165) is 38.8 Å². The Morgan fingerprint density at radius 1 is 1.17 bits per heavy atom. The molecule has 3 aromatic rings. The van der Waals surface area contributed by atoms with Crippen LogP contribution in [0.1, 0.15) is 45.1 Å². The highest BCUT2D eigenvalue weighted by Gasteiger charge is 2.28. The molecule has 0 unspecified atom stereocenters. The smallest absolute Gasteiger partial charge is 0.267 e. The average molecular weight is 415 g/mol. The lowest BCUT2D eigenvalue weighted by atomic mass is 10.1. The number of hydrogen-bond acceptors (Lipinski definition) is 5. The summed E-state index contributed by atoms with van der Waals surface area (Å²) in [6.45, 7) is 3.39. The van der Waals surface area contributed by atoms with Gasteiger partial charge in [0.2, 0.25) is 5.91 Å². The molecule has 2 aromatic heterocycles. The predicted molar refractivity (Wildman–Crippen MR) is 111 cm³/mol. The topological polar surface area (TPSA) is 81.2 Å². The van der Waals surface area contributed by atoms with E-state index in [9.17, 15) is 9.59 Å². The van der Waals surface area contributed by atoms with Crippen LogP contribution in [0.15, 0.2) is 39.9 Å². The van der Waals surface area contributed by atoms with E-state index >= 15 is 0 Å². The van der Waals surface area contributed by atoms with Gasteiger partial charge in [0.25, 0.3) is 11.3 Å². The van der Waals surface area contributed by atoms with Crippen molar-refractivity contribution in [2.24, 2.45) is 0 Å². The first-order valence-corrected chi connectivity index (χ1v) is 10.4. The summed E-state index contributed by atoms with van der Waals surface area (Å²) in [7, 11) is 0. The number of fused-ring (bicyclic) bond motifs is 1. The molecule has 1 aromatic carbocycles. The van der Waals surface area contributed by atoms with E-state index < -0.39 is 6.04 Å². The van der Waals surface area contributed by atoms with Crippen molar-refractivity contribution in [1.82, 2.24) is 19.6 Å². The largest absolute Gasteiger partial charge is 0.341 e. The summed E-state index contributed by atoms with van der Waals surface area (Å²) in [5, 5.41) is 4.90. The first-order chi connectivity index (χ1) is 14.1. The third-order valence-corrected chi connectivity index (χ3v) is 5.72. The van der Waals surface area contributed by atoms with Gasteiger partial charge in [-0.1, -0.05) is 48.7 Å². The number of likely N-dealkylation sites (tertiary alicyclic amines) is 1. The lowest BCUT2D eigenvalue weighted by Crippen LogP contribution is -2.40. The molecule has 1 saturated heterocycles. The number of carbonyl (C=O) groups excluding carboxylic acids is 1. The number of benzene rings is 1. The van der Waals surface area contributed by atoms with E-state index in [-0.39, 0.29) is 22.6 Å². The Hall–Kier alpha value is -2.67. The van der Waals surface area contributed by atoms with Gasteiger partial charge in [-0.3, -0.25) is 14.2 Å². The van der Waals surface area contributed by atoms with Crippen LogP contribution in [0.2, 0.25) is 5.02 Å². The third kappa shape index (κ3) is 3.79. The zero-order valence-corrected chi connectivity index (χ0v) is 17.1. The standard InChI is InChI=1S/C21H23ClN4O3/c1-2-16(20(27)25-11-5-3-4-6-12-25)26-13-23-19-17(21(26)28)18(24-29-19)14-7-9-15(22)10-8-14/h7-10,13,16H,2-6,11-12H2,1H3/t16-/m1/s1. The molecule has 4 rings (SSSR count). The summed E-state index contributed by atoms with van der Waals surface area (Å²) in [6.07, 6.45) is 6.18. The van der Waals surface area contributed by atoms with Crippen LogP contribution in [0.25, 0.3) is 22.4 Å². The Morgan fingerprint density at radius 3 is 2.52 bits per heavy atom. The minimum absolute atomic E-state index is 0.0258. The molecule has 29 heavy (non-hydrogen) atoms. The van der Waals surface area contributed by atoms with Crippen molar-refractivity contribution in [1.29, 1.82) is 0 Å². The fourth-order valence-corrected chi connectivity index (χ4v) is 4.00. The quantitative estimate of drug-likeness (QED) is 0.643. The molecule has 1 aliphatic rings. The van der Waals surface area contributed by atoms with E-state index in [2.05, 4.69) is 10.1 Å². The molecule has 152 valence electrons. The molecule has 7 nitrogen and oxygen atoms in total. The van der Waals surface area contributed by atoms with Gasteiger partial charge in [-0.25, -0.2) is 4.98 Å². The van der Waals surface area contributed by atoms with Crippen molar-refractivity contribution in [2.45, 2.75) is 45.1 Å². The Labute approximate surface area is 173 Å². The lowest BCUT2D eigenvalue weighted by Gasteiger charge is -2.26. The van der Waals surface area contributed by atoms with Crippen molar-refractivity contribution in [3.8, 4) is 11.3 Å². The van der Waals surface area contributed by atoms with Gasteiger partial charge in [0.05, 0.1) is 0 Å². The summed E-state index contributed by atoms with van der Waals surface area (Å²) in [5.41, 5.74) is 0.946. The summed E-state index contributed by atoms with van der Waals surface area (Å²) in [5.74, 6) is -0.0258. The average Bonchev–Trinajstić information content (AvgIpc) is 2.98. The summed E-state index contributed by atoms with van der Waals surface area (Å²) >= 11 is 5.96. The zero-order chi connectivity index (χ0) is 20.4. The second-order valence-electron chi connectivity index (χ2n) is 7.34. The fourth-order valence-electron chi connectivity index (χ4n) is 3.88. The second kappa shape index (κ2) is 8.37. The van der Waals surface area contributed by atoms with Crippen molar-refractivity contribution < 1.29 is 9.32 Å². The molecule has 3 heterocycles. The van der Waals surface area contributed by atoms with Crippen LogP contribution in [0.5, 0.6) is 0 Å². The number of hydrogen-bond donors (Lipinski definition) is 0. The molecule has 1 aliphatic heterocycles. The molecule has 8 heteroatoms. The summed E-state index contributed by atoms with van der Waals surface area (Å²) in [6, 6.07) is 6.41. The normalized spacial score (nSPS) is 16.0. The fraction of sp³-hybridized carbons (Fsp3) is 0.429. The lowest BCUT2D eigenvalue weighted by molar-refractivity contribution is -0.135. The number of halogens is 1. The highest BCUT2D eigenvalue weighted by atomic mass is 35.5. The summed E-state index contributed by atoms with van der Waals surface area (Å²) < 4.78 is 6.70. The van der Waals surface area contributed by atoms with E-state index in [1.165, 1.54) is 10.9 Å². The highest BCUT2D eigenvalue weighted by Crippen LogP contribution is 2.26. The Kier molecular flexibility index (Phi) is 5.67. The van der Waals surface area contributed by atoms with Crippen LogP contribution in [-0.4, -0.2) is 38.6 Å².